The van der Waals surface area contributed by atoms with Crippen LogP contribution in [0.5, 0.6) is 0 Å². The van der Waals surface area contributed by atoms with Gasteiger partial charge in [0.05, 0.1) is 0 Å². The number of hydrogen-bond acceptors (Lipinski definition) is 3. The minimum absolute atomic E-state index is 0.115. The fourth-order valence-electron chi connectivity index (χ4n) is 6.62. The number of benzene rings is 1. The second kappa shape index (κ2) is 11.5. The molecule has 0 bridgehead atoms. The maximum absolute atomic E-state index is 13.0. The average molecular weight is 544 g/mol. The standard InChI is InChI=1S/C32H38ClN5O/c1-22-34-15-19-37(22)16-13-24-20-25-21-26(33)9-10-28(25)30(31-29(24)8-5-14-35-31)23-11-17-38(18-12-23)32(39)36-27-6-3-2-4-7-27/h5,8-10,14-15,19-21,23,27,35H,2-4,6-7,11-13,16-18H2,1H3,(H,36,39). The van der Waals surface area contributed by atoms with E-state index >= 15 is 0 Å². The molecule has 1 saturated carbocycles. The van der Waals surface area contributed by atoms with Crippen molar-refractivity contribution in [1.29, 1.82) is 0 Å². The minimum Gasteiger partial charge on any atom is -0.361 e. The SMILES string of the molecule is Cc1nccn1CCC1=Cc2cc(Cl)ccc2C(C2CCN(C(=O)NC3CCCCC3)CC2)=C2NC=CC=C12. The fourth-order valence-corrected chi connectivity index (χ4v) is 6.80. The van der Waals surface area contributed by atoms with Crippen molar-refractivity contribution in [3.8, 4) is 0 Å². The van der Waals surface area contributed by atoms with Crippen LogP contribution < -0.4 is 10.6 Å². The number of likely N-dealkylation sites (tertiary alicyclic amines) is 1. The van der Waals surface area contributed by atoms with E-state index in [0.29, 0.717) is 12.0 Å². The molecule has 0 atom stereocenters. The molecule has 2 aliphatic heterocycles. The summed E-state index contributed by atoms with van der Waals surface area (Å²) >= 11 is 6.53. The van der Waals surface area contributed by atoms with Crippen LogP contribution in [-0.2, 0) is 6.54 Å². The van der Waals surface area contributed by atoms with E-state index in [2.05, 4.69) is 50.5 Å². The van der Waals surface area contributed by atoms with Gasteiger partial charge in [0.25, 0.3) is 0 Å². The molecular weight excluding hydrogens is 506 g/mol. The first kappa shape index (κ1) is 26.0. The van der Waals surface area contributed by atoms with E-state index in [0.717, 1.165) is 68.1 Å². The van der Waals surface area contributed by atoms with Crippen molar-refractivity contribution in [2.24, 2.45) is 5.92 Å². The number of hydrogen-bond donors (Lipinski definition) is 2. The molecule has 2 aliphatic carbocycles. The molecule has 2 fully saturated rings. The van der Waals surface area contributed by atoms with Crippen molar-refractivity contribution in [3.05, 3.63) is 87.8 Å². The molecule has 0 unspecified atom stereocenters. The number of fused-ring (bicyclic) bond motifs is 2. The highest BCUT2D eigenvalue weighted by molar-refractivity contribution is 6.30. The third-order valence-electron chi connectivity index (χ3n) is 8.77. The summed E-state index contributed by atoms with van der Waals surface area (Å²) in [5.74, 6) is 1.38. The van der Waals surface area contributed by atoms with Gasteiger partial charge in [-0.2, -0.15) is 0 Å². The van der Waals surface area contributed by atoms with E-state index in [1.54, 1.807) is 0 Å². The molecule has 0 radical (unpaired) electrons. The molecule has 1 saturated heterocycles. The maximum atomic E-state index is 13.0. The summed E-state index contributed by atoms with van der Waals surface area (Å²) in [6.45, 7) is 4.47. The summed E-state index contributed by atoms with van der Waals surface area (Å²) in [5.41, 5.74) is 7.47. The van der Waals surface area contributed by atoms with Gasteiger partial charge in [-0.1, -0.05) is 49.1 Å². The van der Waals surface area contributed by atoms with Crippen LogP contribution >= 0.6 is 11.6 Å². The van der Waals surface area contributed by atoms with Crippen molar-refractivity contribution < 1.29 is 4.79 Å². The quantitative estimate of drug-likeness (QED) is 0.434. The number of urea groups is 1. The van der Waals surface area contributed by atoms with Gasteiger partial charge >= 0.3 is 6.03 Å². The number of carbonyl (C=O) groups excluding carboxylic acids is 1. The van der Waals surface area contributed by atoms with E-state index < -0.39 is 0 Å². The summed E-state index contributed by atoms with van der Waals surface area (Å²) < 4.78 is 2.20. The Morgan fingerprint density at radius 3 is 2.74 bits per heavy atom. The fraction of sp³-hybridized carbons (Fsp3) is 0.438. The average Bonchev–Trinajstić information content (AvgIpc) is 3.31. The summed E-state index contributed by atoms with van der Waals surface area (Å²) in [4.78, 5) is 19.5. The number of allylic oxidation sites excluding steroid dienone is 4. The van der Waals surface area contributed by atoms with Gasteiger partial charge in [0.15, 0.2) is 0 Å². The lowest BCUT2D eigenvalue weighted by Gasteiger charge is -2.36. The van der Waals surface area contributed by atoms with Crippen LogP contribution in [0.1, 0.15) is 68.3 Å². The number of carbonyl (C=O) groups is 1. The predicted molar refractivity (Wildman–Crippen MR) is 158 cm³/mol. The lowest BCUT2D eigenvalue weighted by Crippen LogP contribution is -2.48. The maximum Gasteiger partial charge on any atom is 0.317 e. The van der Waals surface area contributed by atoms with Gasteiger partial charge in [0.1, 0.15) is 5.82 Å². The molecule has 0 spiro atoms. The highest BCUT2D eigenvalue weighted by Crippen LogP contribution is 2.43. The van der Waals surface area contributed by atoms with Crippen LogP contribution in [0.3, 0.4) is 0 Å². The summed E-state index contributed by atoms with van der Waals surface area (Å²) in [6.07, 6.45) is 21.3. The van der Waals surface area contributed by atoms with Gasteiger partial charge in [-0.05, 0) is 85.4 Å². The Hall–Kier alpha value is -3.25. The Kier molecular flexibility index (Phi) is 7.64. The van der Waals surface area contributed by atoms with E-state index in [1.165, 1.54) is 47.2 Å². The lowest BCUT2D eigenvalue weighted by molar-refractivity contribution is 0.172. The topological polar surface area (TPSA) is 62.2 Å². The van der Waals surface area contributed by atoms with Crippen LogP contribution in [-0.4, -0.2) is 39.6 Å². The monoisotopic (exact) mass is 543 g/mol. The lowest BCUT2D eigenvalue weighted by atomic mass is 9.81. The van der Waals surface area contributed by atoms with Gasteiger partial charge in [-0.25, -0.2) is 9.78 Å². The number of imidazole rings is 1. The Labute approximate surface area is 236 Å². The Morgan fingerprint density at radius 1 is 1.15 bits per heavy atom. The first-order valence-electron chi connectivity index (χ1n) is 14.5. The molecular formula is C32H38ClN5O. The van der Waals surface area contributed by atoms with Crippen molar-refractivity contribution in [2.75, 3.05) is 13.1 Å². The van der Waals surface area contributed by atoms with E-state index in [9.17, 15) is 4.79 Å². The molecule has 2 amide bonds. The number of aryl methyl sites for hydroxylation is 2. The smallest absolute Gasteiger partial charge is 0.317 e. The Balaban J connectivity index is 1.26. The van der Waals surface area contributed by atoms with E-state index in [-0.39, 0.29) is 6.03 Å². The molecule has 2 aromatic rings. The first-order chi connectivity index (χ1) is 19.1. The number of rotatable bonds is 5. The molecule has 3 heterocycles. The van der Waals surface area contributed by atoms with Crippen LogP contribution in [0.15, 0.2) is 65.8 Å². The van der Waals surface area contributed by atoms with E-state index in [4.69, 9.17) is 11.6 Å². The molecule has 6 nitrogen and oxygen atoms in total. The second-order valence-electron chi connectivity index (χ2n) is 11.2. The van der Waals surface area contributed by atoms with Crippen LogP contribution in [0, 0.1) is 12.8 Å². The number of nitrogens with one attached hydrogen (secondary N) is 2. The highest BCUT2D eigenvalue weighted by Gasteiger charge is 2.32. The zero-order valence-corrected chi connectivity index (χ0v) is 23.5. The first-order valence-corrected chi connectivity index (χ1v) is 14.9. The minimum atomic E-state index is 0.115. The van der Waals surface area contributed by atoms with Gasteiger partial charge in [-0.15, -0.1) is 0 Å². The van der Waals surface area contributed by atoms with Crippen LogP contribution in [0.4, 0.5) is 4.79 Å². The van der Waals surface area contributed by atoms with Gasteiger partial charge < -0.3 is 20.1 Å². The molecule has 6 rings (SSSR count). The number of aromatic nitrogens is 2. The molecule has 1 aromatic carbocycles. The summed E-state index contributed by atoms with van der Waals surface area (Å²) in [5, 5.41) is 7.69. The summed E-state index contributed by atoms with van der Waals surface area (Å²) in [6, 6.07) is 6.73. The molecule has 204 valence electrons. The number of dihydropyridines is 1. The molecule has 1 aromatic heterocycles. The molecule has 7 heteroatoms. The van der Waals surface area contributed by atoms with Gasteiger partial charge in [0, 0.05) is 60.6 Å². The largest absolute Gasteiger partial charge is 0.361 e. The third-order valence-corrected chi connectivity index (χ3v) is 9.01. The predicted octanol–water partition coefficient (Wildman–Crippen LogP) is 6.84. The molecule has 39 heavy (non-hydrogen) atoms. The molecule has 2 N–H and O–H groups in total. The number of piperidine rings is 1. The van der Waals surface area contributed by atoms with Crippen molar-refractivity contribution >= 4 is 29.3 Å². The third kappa shape index (κ3) is 5.58. The van der Waals surface area contributed by atoms with Gasteiger partial charge in [0.2, 0.25) is 0 Å². The molecule has 4 aliphatic rings. The van der Waals surface area contributed by atoms with Crippen LogP contribution in [0.25, 0.3) is 11.6 Å². The van der Waals surface area contributed by atoms with Crippen molar-refractivity contribution in [1.82, 2.24) is 25.1 Å². The zero-order valence-electron chi connectivity index (χ0n) is 22.8. The van der Waals surface area contributed by atoms with E-state index in [1.807, 2.05) is 36.5 Å². The zero-order chi connectivity index (χ0) is 26.8. The number of nitrogens with zero attached hydrogens (tertiary/aromatic N) is 3. The van der Waals surface area contributed by atoms with Crippen molar-refractivity contribution in [3.63, 3.8) is 0 Å². The number of amides is 2. The highest BCUT2D eigenvalue weighted by atomic mass is 35.5. The Morgan fingerprint density at radius 2 is 1.97 bits per heavy atom. The number of halogens is 1. The van der Waals surface area contributed by atoms with Crippen molar-refractivity contribution in [2.45, 2.75) is 70.9 Å². The van der Waals surface area contributed by atoms with Crippen LogP contribution in [0.2, 0.25) is 5.02 Å². The Bertz CT molecular complexity index is 1350. The van der Waals surface area contributed by atoms with Gasteiger partial charge in [-0.3, -0.25) is 0 Å². The summed E-state index contributed by atoms with van der Waals surface area (Å²) in [7, 11) is 0. The second-order valence-corrected chi connectivity index (χ2v) is 11.7. The normalized spacial score (nSPS) is 20.0.